The van der Waals surface area contributed by atoms with Crippen LogP contribution >= 0.6 is 0 Å². The highest BCUT2D eigenvalue weighted by molar-refractivity contribution is 7.89. The Hall–Kier alpha value is -1.73. The van der Waals surface area contributed by atoms with Gasteiger partial charge in [-0.25, -0.2) is 12.8 Å². The van der Waals surface area contributed by atoms with E-state index in [4.69, 9.17) is 0 Å². The second kappa shape index (κ2) is 5.34. The molecule has 0 amide bonds. The molecule has 0 atom stereocenters. The zero-order valence-electron chi connectivity index (χ0n) is 11.5. The van der Waals surface area contributed by atoms with Gasteiger partial charge in [0.05, 0.1) is 10.6 Å². The van der Waals surface area contributed by atoms with Crippen LogP contribution in [0, 0.1) is 12.7 Å². The Morgan fingerprint density at radius 3 is 2.40 bits per heavy atom. The van der Waals surface area contributed by atoms with E-state index in [0.717, 1.165) is 23.4 Å². The number of sulfonamides is 1. The maximum Gasteiger partial charge on any atom is 0.243 e. The molecule has 0 aliphatic carbocycles. The van der Waals surface area contributed by atoms with Crippen molar-refractivity contribution in [1.82, 2.24) is 14.1 Å². The van der Waals surface area contributed by atoms with Gasteiger partial charge in [-0.1, -0.05) is 0 Å². The molecule has 0 radical (unpaired) electrons. The van der Waals surface area contributed by atoms with E-state index < -0.39 is 15.8 Å². The topological polar surface area (TPSA) is 55.2 Å². The van der Waals surface area contributed by atoms with Crippen molar-refractivity contribution in [3.63, 3.8) is 0 Å². The van der Waals surface area contributed by atoms with Crippen LogP contribution in [0.25, 0.3) is 0 Å². The van der Waals surface area contributed by atoms with Crippen molar-refractivity contribution in [1.29, 1.82) is 0 Å². The second-order valence-electron chi connectivity index (χ2n) is 4.63. The van der Waals surface area contributed by atoms with Gasteiger partial charge < -0.3 is 0 Å². The molecule has 0 aliphatic heterocycles. The molecule has 0 saturated carbocycles. The number of nitrogens with zero attached hydrogens (tertiary/aromatic N) is 3. The van der Waals surface area contributed by atoms with Crippen molar-refractivity contribution in [2.75, 3.05) is 7.05 Å². The third-order valence-electron chi connectivity index (χ3n) is 3.03. The Bertz CT molecular complexity index is 708. The first-order valence-corrected chi connectivity index (χ1v) is 7.46. The Morgan fingerprint density at radius 1 is 1.30 bits per heavy atom. The van der Waals surface area contributed by atoms with E-state index in [1.54, 1.807) is 17.9 Å². The van der Waals surface area contributed by atoms with Crippen molar-refractivity contribution in [2.45, 2.75) is 18.4 Å². The van der Waals surface area contributed by atoms with Gasteiger partial charge in [0.2, 0.25) is 10.0 Å². The first-order chi connectivity index (χ1) is 9.30. The minimum absolute atomic E-state index is 0.0722. The molecule has 108 valence electrons. The predicted molar refractivity (Wildman–Crippen MR) is 73.0 cm³/mol. The van der Waals surface area contributed by atoms with Crippen molar-refractivity contribution in [2.24, 2.45) is 7.05 Å². The van der Waals surface area contributed by atoms with Gasteiger partial charge in [-0.3, -0.25) is 4.68 Å². The number of halogens is 1. The van der Waals surface area contributed by atoms with Gasteiger partial charge >= 0.3 is 0 Å². The Morgan fingerprint density at radius 2 is 1.90 bits per heavy atom. The zero-order valence-corrected chi connectivity index (χ0v) is 12.4. The van der Waals surface area contributed by atoms with E-state index in [9.17, 15) is 12.8 Å². The van der Waals surface area contributed by atoms with Gasteiger partial charge in [0, 0.05) is 32.4 Å². The molecular formula is C13H16FN3O2S. The quantitative estimate of drug-likeness (QED) is 0.863. The van der Waals surface area contributed by atoms with Crippen LogP contribution in [-0.4, -0.2) is 29.6 Å². The van der Waals surface area contributed by atoms with Crippen LogP contribution < -0.4 is 0 Å². The number of aromatic nitrogens is 2. The maximum absolute atomic E-state index is 12.9. The van der Waals surface area contributed by atoms with Crippen LogP contribution in [0.4, 0.5) is 4.39 Å². The van der Waals surface area contributed by atoms with E-state index in [2.05, 4.69) is 5.10 Å². The summed E-state index contributed by atoms with van der Waals surface area (Å²) in [5, 5.41) is 4.18. The van der Waals surface area contributed by atoms with Crippen LogP contribution in [0.15, 0.2) is 35.4 Å². The van der Waals surface area contributed by atoms with E-state index >= 15 is 0 Å². The van der Waals surface area contributed by atoms with E-state index in [0.29, 0.717) is 0 Å². The smallest absolute Gasteiger partial charge is 0.243 e. The van der Waals surface area contributed by atoms with Gasteiger partial charge in [0.1, 0.15) is 5.82 Å². The summed E-state index contributed by atoms with van der Waals surface area (Å²) in [6, 6.07) is 4.79. The molecule has 2 rings (SSSR count). The minimum Gasteiger partial charge on any atom is -0.275 e. The average molecular weight is 297 g/mol. The number of benzene rings is 1. The molecule has 7 heteroatoms. The lowest BCUT2D eigenvalue weighted by Crippen LogP contribution is -2.26. The first kappa shape index (κ1) is 14.7. The maximum atomic E-state index is 12.9. The summed E-state index contributed by atoms with van der Waals surface area (Å²) in [5.41, 5.74) is 1.62. The van der Waals surface area contributed by atoms with E-state index in [-0.39, 0.29) is 11.4 Å². The molecule has 0 spiro atoms. The molecule has 0 fully saturated rings. The molecule has 0 aliphatic rings. The normalized spacial score (nSPS) is 12.1. The van der Waals surface area contributed by atoms with Crippen molar-refractivity contribution >= 4 is 10.0 Å². The first-order valence-electron chi connectivity index (χ1n) is 6.02. The summed E-state index contributed by atoms with van der Waals surface area (Å²) in [4.78, 5) is 0.0722. The highest BCUT2D eigenvalue weighted by Crippen LogP contribution is 2.18. The summed E-state index contributed by atoms with van der Waals surface area (Å²) in [6.07, 6.45) is 1.78. The van der Waals surface area contributed by atoms with E-state index in [1.165, 1.54) is 23.5 Å². The number of aryl methyl sites for hydroxylation is 2. The SMILES string of the molecule is Cc1nn(C)cc1CN(C)S(=O)(=O)c1ccc(F)cc1. The van der Waals surface area contributed by atoms with E-state index in [1.807, 2.05) is 6.92 Å². The summed E-state index contributed by atoms with van der Waals surface area (Å²) in [6.45, 7) is 2.05. The summed E-state index contributed by atoms with van der Waals surface area (Å²) in [5.74, 6) is -0.463. The molecule has 1 aromatic carbocycles. The highest BCUT2D eigenvalue weighted by atomic mass is 32.2. The van der Waals surface area contributed by atoms with Gasteiger partial charge in [-0.05, 0) is 31.2 Å². The predicted octanol–water partition coefficient (Wildman–Crippen LogP) is 1.69. The highest BCUT2D eigenvalue weighted by Gasteiger charge is 2.22. The molecule has 0 unspecified atom stereocenters. The van der Waals surface area contributed by atoms with Crippen LogP contribution in [-0.2, 0) is 23.6 Å². The fraction of sp³-hybridized carbons (Fsp3) is 0.308. The van der Waals surface area contributed by atoms with Crippen LogP contribution in [0.5, 0.6) is 0 Å². The van der Waals surface area contributed by atoms with Crippen LogP contribution in [0.2, 0.25) is 0 Å². The van der Waals surface area contributed by atoms with Crippen LogP contribution in [0.3, 0.4) is 0 Å². The number of rotatable bonds is 4. The minimum atomic E-state index is -3.63. The number of hydrogen-bond donors (Lipinski definition) is 0. The summed E-state index contributed by atoms with van der Waals surface area (Å²) >= 11 is 0. The summed E-state index contributed by atoms with van der Waals surface area (Å²) < 4.78 is 40.4. The molecule has 2 aromatic rings. The second-order valence-corrected chi connectivity index (χ2v) is 6.67. The lowest BCUT2D eigenvalue weighted by molar-refractivity contribution is 0.465. The molecule has 1 aromatic heterocycles. The fourth-order valence-corrected chi connectivity index (χ4v) is 3.06. The standard InChI is InChI=1S/C13H16FN3O2S/c1-10-11(8-16(2)15-10)9-17(3)20(18,19)13-6-4-12(14)5-7-13/h4-8H,9H2,1-3H3. The Balaban J connectivity index is 2.25. The Labute approximate surface area is 117 Å². The molecule has 0 bridgehead atoms. The van der Waals surface area contributed by atoms with Crippen LogP contribution in [0.1, 0.15) is 11.3 Å². The van der Waals surface area contributed by atoms with Crippen molar-refractivity contribution in [3.8, 4) is 0 Å². The van der Waals surface area contributed by atoms with Crippen molar-refractivity contribution in [3.05, 3.63) is 47.5 Å². The molecule has 0 N–H and O–H groups in total. The third kappa shape index (κ3) is 2.88. The van der Waals surface area contributed by atoms with Crippen molar-refractivity contribution < 1.29 is 12.8 Å². The Kier molecular flexibility index (Phi) is 3.92. The lowest BCUT2D eigenvalue weighted by atomic mass is 10.3. The number of hydrogen-bond acceptors (Lipinski definition) is 3. The monoisotopic (exact) mass is 297 g/mol. The fourth-order valence-electron chi connectivity index (χ4n) is 1.92. The van der Waals surface area contributed by atoms with Gasteiger partial charge in [0.15, 0.2) is 0 Å². The molecule has 0 saturated heterocycles. The third-order valence-corrected chi connectivity index (χ3v) is 4.85. The van der Waals surface area contributed by atoms with Gasteiger partial charge in [-0.2, -0.15) is 9.40 Å². The largest absolute Gasteiger partial charge is 0.275 e. The molecule has 1 heterocycles. The molecule has 20 heavy (non-hydrogen) atoms. The lowest BCUT2D eigenvalue weighted by Gasteiger charge is -2.16. The average Bonchev–Trinajstić information content (AvgIpc) is 2.68. The van der Waals surface area contributed by atoms with Gasteiger partial charge in [0.25, 0.3) is 0 Å². The summed E-state index contributed by atoms with van der Waals surface area (Å²) in [7, 11) is -0.358. The zero-order chi connectivity index (χ0) is 14.9. The molecule has 5 nitrogen and oxygen atoms in total. The molecular weight excluding hydrogens is 281 g/mol. The van der Waals surface area contributed by atoms with Gasteiger partial charge in [-0.15, -0.1) is 0 Å².